The number of thioether (sulfide) groups is 2. The molecule has 184 valence electrons. The van der Waals surface area contributed by atoms with Crippen LogP contribution in [0.4, 0.5) is 0 Å². The molecule has 0 spiro atoms. The third kappa shape index (κ3) is 6.30. The summed E-state index contributed by atoms with van der Waals surface area (Å²) in [4.78, 5) is 33.1. The summed E-state index contributed by atoms with van der Waals surface area (Å²) in [5.41, 5.74) is 4.45. The lowest BCUT2D eigenvalue weighted by atomic mass is 10.1. The van der Waals surface area contributed by atoms with Crippen molar-refractivity contribution in [3.63, 3.8) is 0 Å². The van der Waals surface area contributed by atoms with Crippen LogP contribution in [0.5, 0.6) is 0 Å². The summed E-state index contributed by atoms with van der Waals surface area (Å²) in [6.45, 7) is 3.87. The number of hydrogen-bond acceptors (Lipinski definition) is 8. The highest BCUT2D eigenvalue weighted by molar-refractivity contribution is 8.00. The number of nitrogens with zero attached hydrogens (tertiary/aromatic N) is 6. The Labute approximate surface area is 223 Å². The summed E-state index contributed by atoms with van der Waals surface area (Å²) in [5.74, 6) is 1.03. The molecule has 0 saturated heterocycles. The van der Waals surface area contributed by atoms with E-state index in [-0.39, 0.29) is 11.8 Å². The molecular formula is C24H22N6O2S4. The first-order valence-electron chi connectivity index (χ1n) is 11.1. The molecule has 12 heteroatoms. The first kappa shape index (κ1) is 24.9. The minimum absolute atomic E-state index is 0.251. The SMILES string of the molecule is CC(=O)N=c1sc2nn1Cc1cccc(c1)Cn1nc(sc1=NC(C)=O)SCc1cccc(c1)CS2. The van der Waals surface area contributed by atoms with E-state index in [1.54, 1.807) is 32.9 Å². The Balaban J connectivity index is 1.59. The van der Waals surface area contributed by atoms with Crippen molar-refractivity contribution in [2.75, 3.05) is 0 Å². The predicted molar refractivity (Wildman–Crippen MR) is 143 cm³/mol. The Bertz CT molecular complexity index is 1470. The maximum absolute atomic E-state index is 11.8. The van der Waals surface area contributed by atoms with Crippen LogP contribution < -0.4 is 9.60 Å². The van der Waals surface area contributed by atoms with Crippen LogP contribution in [0.1, 0.15) is 36.1 Å². The average molecular weight is 555 g/mol. The molecule has 3 heterocycles. The summed E-state index contributed by atoms with van der Waals surface area (Å²) in [6, 6.07) is 16.6. The second-order valence-corrected chi connectivity index (χ2v) is 12.5. The van der Waals surface area contributed by atoms with Gasteiger partial charge in [-0.05, 0) is 22.3 Å². The average Bonchev–Trinajstić information content (AvgIpc) is 3.38. The smallest absolute Gasteiger partial charge is 0.245 e. The number of carbonyl (C=O) groups excluding carboxylic acids is 2. The summed E-state index contributed by atoms with van der Waals surface area (Å²) in [5, 5.41) is 9.52. The number of rotatable bonds is 0. The van der Waals surface area contributed by atoms with Gasteiger partial charge < -0.3 is 0 Å². The minimum atomic E-state index is -0.251. The fourth-order valence-corrected chi connectivity index (χ4v) is 7.49. The Hall–Kier alpha value is -2.80. The molecule has 0 saturated carbocycles. The highest BCUT2D eigenvalue weighted by Crippen LogP contribution is 2.27. The topological polar surface area (TPSA) is 94.5 Å². The lowest BCUT2D eigenvalue weighted by molar-refractivity contribution is -0.116. The summed E-state index contributed by atoms with van der Waals surface area (Å²) in [7, 11) is 0. The summed E-state index contributed by atoms with van der Waals surface area (Å²) < 4.78 is 5.31. The van der Waals surface area contributed by atoms with E-state index in [4.69, 9.17) is 10.2 Å². The largest absolute Gasteiger partial charge is 0.273 e. The minimum Gasteiger partial charge on any atom is -0.273 e. The Morgan fingerprint density at radius 2 is 1.14 bits per heavy atom. The van der Waals surface area contributed by atoms with Gasteiger partial charge in [0.15, 0.2) is 8.68 Å². The van der Waals surface area contributed by atoms with Crippen LogP contribution in [0.25, 0.3) is 0 Å². The van der Waals surface area contributed by atoms with Crippen LogP contribution >= 0.6 is 46.2 Å². The van der Waals surface area contributed by atoms with Crippen molar-refractivity contribution in [3.8, 4) is 0 Å². The van der Waals surface area contributed by atoms with Crippen molar-refractivity contribution in [3.05, 3.63) is 80.4 Å². The third-order valence-corrected chi connectivity index (χ3v) is 9.38. The molecule has 2 aromatic heterocycles. The molecule has 0 fully saturated rings. The molecule has 0 N–H and O–H groups in total. The molecule has 0 aliphatic carbocycles. The van der Waals surface area contributed by atoms with Crippen molar-refractivity contribution in [2.45, 2.75) is 47.1 Å². The van der Waals surface area contributed by atoms with Gasteiger partial charge >= 0.3 is 0 Å². The van der Waals surface area contributed by atoms with Gasteiger partial charge in [0, 0.05) is 25.4 Å². The molecule has 0 radical (unpaired) electrons. The Morgan fingerprint density at radius 1 is 0.722 bits per heavy atom. The molecule has 2 amide bonds. The maximum atomic E-state index is 11.8. The molecule has 2 aromatic carbocycles. The highest BCUT2D eigenvalue weighted by Gasteiger charge is 2.12. The number of amides is 2. The van der Waals surface area contributed by atoms with Crippen LogP contribution in [0, 0.1) is 0 Å². The van der Waals surface area contributed by atoms with Gasteiger partial charge in [0.1, 0.15) is 0 Å². The zero-order valence-electron chi connectivity index (χ0n) is 19.6. The zero-order chi connectivity index (χ0) is 25.1. The van der Waals surface area contributed by atoms with E-state index >= 15 is 0 Å². The molecule has 8 bridgehead atoms. The van der Waals surface area contributed by atoms with Crippen molar-refractivity contribution in [2.24, 2.45) is 9.98 Å². The molecule has 5 rings (SSSR count). The van der Waals surface area contributed by atoms with Crippen LogP contribution in [-0.2, 0) is 34.2 Å². The standard InChI is InChI=1S/C24H22N6O2S4/c1-15(31)25-21-29-11-17-5-3-6-18(9-17)12-30-22(26-16(2)32)36-24(28-30)34-14-20-8-4-7-19(10-20)13-33-23(27-29)35-21/h3-10H,11-14H2,1-2H3. The first-order chi connectivity index (χ1) is 17.4. The highest BCUT2D eigenvalue weighted by atomic mass is 32.2. The quantitative estimate of drug-likeness (QED) is 0.325. The van der Waals surface area contributed by atoms with Crippen molar-refractivity contribution in [1.29, 1.82) is 0 Å². The first-order valence-corrected chi connectivity index (χ1v) is 14.7. The number of carbonyl (C=O) groups is 2. The van der Waals surface area contributed by atoms with Crippen molar-refractivity contribution < 1.29 is 9.59 Å². The van der Waals surface area contributed by atoms with Crippen molar-refractivity contribution in [1.82, 2.24) is 19.6 Å². The molecule has 36 heavy (non-hydrogen) atoms. The predicted octanol–water partition coefficient (Wildman–Crippen LogP) is 4.09. The van der Waals surface area contributed by atoms with E-state index < -0.39 is 0 Å². The van der Waals surface area contributed by atoms with Crippen LogP contribution in [0.2, 0.25) is 0 Å². The molecule has 0 atom stereocenters. The van der Waals surface area contributed by atoms with Gasteiger partial charge in [-0.15, -0.1) is 0 Å². The second kappa shape index (κ2) is 11.1. The number of benzene rings is 2. The van der Waals surface area contributed by atoms with E-state index in [1.807, 2.05) is 18.2 Å². The van der Waals surface area contributed by atoms with Gasteiger partial charge in [-0.25, -0.2) is 9.36 Å². The van der Waals surface area contributed by atoms with Gasteiger partial charge in [0.25, 0.3) is 0 Å². The van der Waals surface area contributed by atoms with E-state index in [0.29, 0.717) is 22.7 Å². The molecule has 4 aromatic rings. The van der Waals surface area contributed by atoms with Crippen LogP contribution in [-0.4, -0.2) is 31.4 Å². The molecule has 1 aliphatic rings. The zero-order valence-corrected chi connectivity index (χ0v) is 22.8. The maximum Gasteiger partial charge on any atom is 0.245 e. The van der Waals surface area contributed by atoms with Crippen LogP contribution in [0.3, 0.4) is 0 Å². The lowest BCUT2D eigenvalue weighted by Gasteiger charge is -2.07. The van der Waals surface area contributed by atoms with Crippen molar-refractivity contribution >= 4 is 58.0 Å². The monoisotopic (exact) mass is 554 g/mol. The third-order valence-electron chi connectivity index (χ3n) is 5.08. The van der Waals surface area contributed by atoms with E-state index in [9.17, 15) is 9.59 Å². The fraction of sp³-hybridized carbons (Fsp3) is 0.250. The van der Waals surface area contributed by atoms with Gasteiger partial charge in [-0.1, -0.05) is 94.7 Å². The number of aromatic nitrogens is 4. The lowest BCUT2D eigenvalue weighted by Crippen LogP contribution is -2.20. The number of hydrogen-bond donors (Lipinski definition) is 0. The van der Waals surface area contributed by atoms with Gasteiger partial charge in [-0.2, -0.15) is 20.2 Å². The van der Waals surface area contributed by atoms with Gasteiger partial charge in [-0.3, -0.25) is 9.59 Å². The van der Waals surface area contributed by atoms with Crippen LogP contribution in [0.15, 0.2) is 67.2 Å². The molecule has 1 aliphatic heterocycles. The fourth-order valence-electron chi connectivity index (χ4n) is 3.61. The molecule has 0 unspecified atom stereocenters. The molecular weight excluding hydrogens is 533 g/mol. The van der Waals surface area contributed by atoms with Gasteiger partial charge in [0.2, 0.25) is 21.4 Å². The molecule has 8 nitrogen and oxygen atoms in total. The van der Waals surface area contributed by atoms with Gasteiger partial charge in [0.05, 0.1) is 13.1 Å². The summed E-state index contributed by atoms with van der Waals surface area (Å²) in [6.07, 6.45) is 0. The van der Waals surface area contributed by atoms with E-state index in [0.717, 1.165) is 31.3 Å². The summed E-state index contributed by atoms with van der Waals surface area (Å²) >= 11 is 6.14. The normalized spacial score (nSPS) is 14.8. The Morgan fingerprint density at radius 3 is 1.58 bits per heavy atom. The number of fused-ring (bicyclic) bond motifs is 8. The van der Waals surface area contributed by atoms with E-state index in [1.165, 1.54) is 47.6 Å². The second-order valence-electron chi connectivity index (χ2n) is 8.10. The Kier molecular flexibility index (Phi) is 7.65. The van der Waals surface area contributed by atoms with E-state index in [2.05, 4.69) is 40.3 Å².